The number of methoxy groups -OCH3 is 2. The fourth-order valence-corrected chi connectivity index (χ4v) is 3.26. The zero-order valence-corrected chi connectivity index (χ0v) is 20.2. The molecule has 3 rings (SSSR count). The van der Waals surface area contributed by atoms with Gasteiger partial charge in [0.25, 0.3) is 0 Å². The van der Waals surface area contributed by atoms with Gasteiger partial charge in [0, 0.05) is 42.9 Å². The summed E-state index contributed by atoms with van der Waals surface area (Å²) in [5, 5.41) is 7.33. The summed E-state index contributed by atoms with van der Waals surface area (Å²) < 4.78 is 15.7. The highest BCUT2D eigenvalue weighted by atomic mass is 16.5. The Morgan fingerprint density at radius 2 is 1.94 bits per heavy atom. The molecule has 0 bridgehead atoms. The van der Waals surface area contributed by atoms with Crippen LogP contribution in [0.15, 0.2) is 54.9 Å². The molecule has 1 heterocycles. The maximum atomic E-state index is 12.2. The second kappa shape index (κ2) is 12.2. The lowest BCUT2D eigenvalue weighted by atomic mass is 10.2. The first kappa shape index (κ1) is 25.3. The van der Waals surface area contributed by atoms with E-state index in [1.54, 1.807) is 34.3 Å². The van der Waals surface area contributed by atoms with Crippen LogP contribution >= 0.6 is 0 Å². The Labute approximate surface area is 203 Å². The van der Waals surface area contributed by atoms with Crippen LogP contribution in [0.25, 0.3) is 10.9 Å². The standard InChI is InChI=1S/C25H29N5O5/c1-5-35-24(32)15-30(2)23(31)10-7-11-26-21-13-19-20(14-22(21)34-4)27-16-28-25(19)29-17-8-6-9-18(12-17)33-3/h6-10,12-14,16,26H,5,11,15H2,1-4H3,(H,27,28,29). The summed E-state index contributed by atoms with van der Waals surface area (Å²) in [5.41, 5.74) is 2.24. The lowest BCUT2D eigenvalue weighted by Gasteiger charge is -2.14. The highest BCUT2D eigenvalue weighted by Crippen LogP contribution is 2.33. The van der Waals surface area contributed by atoms with Crippen LogP contribution in [-0.2, 0) is 14.3 Å². The number of hydrogen-bond donors (Lipinski definition) is 2. The molecule has 184 valence electrons. The van der Waals surface area contributed by atoms with Crippen molar-refractivity contribution < 1.29 is 23.8 Å². The maximum Gasteiger partial charge on any atom is 0.325 e. The van der Waals surface area contributed by atoms with E-state index in [1.807, 2.05) is 36.4 Å². The molecule has 0 fully saturated rings. The third-order valence-corrected chi connectivity index (χ3v) is 5.01. The molecule has 10 nitrogen and oxygen atoms in total. The van der Waals surface area contributed by atoms with Gasteiger partial charge in [-0.05, 0) is 25.1 Å². The first-order chi connectivity index (χ1) is 16.9. The third-order valence-electron chi connectivity index (χ3n) is 5.01. The number of amides is 1. The summed E-state index contributed by atoms with van der Waals surface area (Å²) in [6.07, 6.45) is 4.56. The van der Waals surface area contributed by atoms with E-state index >= 15 is 0 Å². The molecular weight excluding hydrogens is 450 g/mol. The number of hydrogen-bond acceptors (Lipinski definition) is 9. The number of carbonyl (C=O) groups excluding carboxylic acids is 2. The van der Waals surface area contributed by atoms with Crippen LogP contribution in [0.5, 0.6) is 11.5 Å². The minimum atomic E-state index is -0.448. The topological polar surface area (TPSA) is 115 Å². The number of ether oxygens (including phenoxy) is 3. The van der Waals surface area contributed by atoms with Crippen molar-refractivity contribution in [3.63, 3.8) is 0 Å². The average molecular weight is 480 g/mol. The predicted molar refractivity (Wildman–Crippen MR) is 134 cm³/mol. The second-order valence-corrected chi connectivity index (χ2v) is 7.43. The molecule has 35 heavy (non-hydrogen) atoms. The van der Waals surface area contributed by atoms with Gasteiger partial charge in [0.15, 0.2) is 0 Å². The van der Waals surface area contributed by atoms with Crippen LogP contribution in [0.4, 0.5) is 17.2 Å². The van der Waals surface area contributed by atoms with E-state index in [0.717, 1.165) is 16.8 Å². The minimum absolute atomic E-state index is 0.105. The number of fused-ring (bicyclic) bond motifs is 1. The fraction of sp³-hybridized carbons (Fsp3) is 0.280. The number of nitrogens with one attached hydrogen (secondary N) is 2. The van der Waals surface area contributed by atoms with Gasteiger partial charge in [0.05, 0.1) is 32.0 Å². The van der Waals surface area contributed by atoms with Gasteiger partial charge in [-0.25, -0.2) is 9.97 Å². The molecule has 0 aliphatic carbocycles. The van der Waals surface area contributed by atoms with Gasteiger partial charge in [0.2, 0.25) is 5.91 Å². The zero-order valence-electron chi connectivity index (χ0n) is 20.2. The number of nitrogens with zero attached hydrogens (tertiary/aromatic N) is 3. The van der Waals surface area contributed by atoms with Gasteiger partial charge in [-0.1, -0.05) is 12.1 Å². The number of benzene rings is 2. The number of carbonyl (C=O) groups is 2. The molecule has 0 saturated heterocycles. The zero-order chi connectivity index (χ0) is 25.2. The van der Waals surface area contributed by atoms with Crippen molar-refractivity contribution in [3.05, 3.63) is 54.9 Å². The number of likely N-dealkylation sites (N-methyl/N-ethyl adjacent to an activating group) is 1. The van der Waals surface area contributed by atoms with E-state index in [1.165, 1.54) is 17.3 Å². The first-order valence-corrected chi connectivity index (χ1v) is 11.0. The van der Waals surface area contributed by atoms with Crippen LogP contribution in [-0.4, -0.2) is 67.7 Å². The molecule has 0 aliphatic heterocycles. The predicted octanol–water partition coefficient (Wildman–Crippen LogP) is 3.38. The number of anilines is 3. The van der Waals surface area contributed by atoms with E-state index < -0.39 is 5.97 Å². The number of rotatable bonds is 11. The lowest BCUT2D eigenvalue weighted by Crippen LogP contribution is -2.31. The van der Waals surface area contributed by atoms with Crippen LogP contribution < -0.4 is 20.1 Å². The van der Waals surface area contributed by atoms with E-state index in [4.69, 9.17) is 14.2 Å². The van der Waals surface area contributed by atoms with Gasteiger partial charge < -0.3 is 29.7 Å². The van der Waals surface area contributed by atoms with Gasteiger partial charge in [-0.3, -0.25) is 9.59 Å². The largest absolute Gasteiger partial charge is 0.497 e. The third kappa shape index (κ3) is 6.83. The molecule has 0 radical (unpaired) electrons. The Bertz CT molecular complexity index is 1210. The molecule has 0 saturated carbocycles. The van der Waals surface area contributed by atoms with Crippen LogP contribution in [0.3, 0.4) is 0 Å². The SMILES string of the molecule is CCOC(=O)CN(C)C(=O)C=CCNc1cc2c(Nc3cccc(OC)c3)ncnc2cc1OC. The average Bonchev–Trinajstić information content (AvgIpc) is 2.86. The van der Waals surface area contributed by atoms with E-state index in [-0.39, 0.29) is 19.1 Å². The van der Waals surface area contributed by atoms with Crippen molar-refractivity contribution in [2.24, 2.45) is 0 Å². The normalized spacial score (nSPS) is 10.7. The van der Waals surface area contributed by atoms with Crippen LogP contribution in [0, 0.1) is 0 Å². The molecule has 1 aromatic heterocycles. The first-order valence-electron chi connectivity index (χ1n) is 11.0. The quantitative estimate of drug-likeness (QED) is 0.315. The summed E-state index contributed by atoms with van der Waals surface area (Å²) in [6, 6.07) is 11.2. The summed E-state index contributed by atoms with van der Waals surface area (Å²) in [6.45, 7) is 2.24. The van der Waals surface area contributed by atoms with Gasteiger partial charge in [-0.15, -0.1) is 0 Å². The smallest absolute Gasteiger partial charge is 0.325 e. The summed E-state index contributed by atoms with van der Waals surface area (Å²) in [5.74, 6) is 1.20. The van der Waals surface area contributed by atoms with Crippen LogP contribution in [0.2, 0.25) is 0 Å². The molecule has 1 amide bonds. The monoisotopic (exact) mass is 479 g/mol. The second-order valence-electron chi connectivity index (χ2n) is 7.43. The van der Waals surface area contributed by atoms with Crippen molar-refractivity contribution in [3.8, 4) is 11.5 Å². The highest BCUT2D eigenvalue weighted by Gasteiger charge is 2.12. The summed E-state index contributed by atoms with van der Waals surface area (Å²) in [7, 11) is 4.73. The Morgan fingerprint density at radius 1 is 1.11 bits per heavy atom. The molecule has 0 aliphatic rings. The number of aromatic nitrogens is 2. The van der Waals surface area contributed by atoms with Gasteiger partial charge in [0.1, 0.15) is 30.2 Å². The van der Waals surface area contributed by atoms with E-state index in [9.17, 15) is 9.59 Å². The van der Waals surface area contributed by atoms with Crippen molar-refractivity contribution >= 4 is 40.0 Å². The van der Waals surface area contributed by atoms with E-state index in [0.29, 0.717) is 29.3 Å². The van der Waals surface area contributed by atoms with Crippen molar-refractivity contribution in [2.75, 3.05) is 51.6 Å². The molecule has 0 unspecified atom stereocenters. The Kier molecular flexibility index (Phi) is 8.82. The Morgan fingerprint density at radius 3 is 2.69 bits per heavy atom. The van der Waals surface area contributed by atoms with Crippen molar-refractivity contribution in [2.45, 2.75) is 6.92 Å². The fourth-order valence-electron chi connectivity index (χ4n) is 3.26. The summed E-state index contributed by atoms with van der Waals surface area (Å²) in [4.78, 5) is 33.8. The molecule has 0 spiro atoms. The van der Waals surface area contributed by atoms with Crippen LogP contribution in [0.1, 0.15) is 6.92 Å². The molecule has 2 N–H and O–H groups in total. The molecule has 2 aromatic carbocycles. The lowest BCUT2D eigenvalue weighted by molar-refractivity contribution is -0.147. The summed E-state index contributed by atoms with van der Waals surface area (Å²) >= 11 is 0. The molecule has 10 heteroatoms. The minimum Gasteiger partial charge on any atom is -0.497 e. The van der Waals surface area contributed by atoms with Crippen molar-refractivity contribution in [1.82, 2.24) is 14.9 Å². The Balaban J connectivity index is 1.74. The van der Waals surface area contributed by atoms with E-state index in [2.05, 4.69) is 20.6 Å². The molecular formula is C25H29N5O5. The molecule has 0 atom stereocenters. The van der Waals surface area contributed by atoms with Crippen molar-refractivity contribution in [1.29, 1.82) is 0 Å². The molecule has 3 aromatic rings. The van der Waals surface area contributed by atoms with Gasteiger partial charge >= 0.3 is 5.97 Å². The maximum absolute atomic E-state index is 12.2. The Hall–Kier alpha value is -4.34. The number of esters is 1. The highest BCUT2D eigenvalue weighted by molar-refractivity contribution is 5.95. The van der Waals surface area contributed by atoms with Gasteiger partial charge in [-0.2, -0.15) is 0 Å².